The van der Waals surface area contributed by atoms with Gasteiger partial charge in [-0.2, -0.15) is 0 Å². The predicted molar refractivity (Wildman–Crippen MR) is 79.0 cm³/mol. The van der Waals surface area contributed by atoms with E-state index in [1.807, 2.05) is 12.5 Å². The van der Waals surface area contributed by atoms with Crippen molar-refractivity contribution in [1.82, 2.24) is 9.55 Å². The Kier molecular flexibility index (Phi) is 7.75. The molecule has 0 bridgehead atoms. The van der Waals surface area contributed by atoms with Crippen molar-refractivity contribution in [2.75, 3.05) is 13.2 Å². The van der Waals surface area contributed by atoms with Gasteiger partial charge in [-0.25, -0.2) is 4.98 Å². The summed E-state index contributed by atoms with van der Waals surface area (Å²) in [5.41, 5.74) is 7.36. The van der Waals surface area contributed by atoms with Crippen LogP contribution >= 0.6 is 0 Å². The minimum absolute atomic E-state index is 0.0866. The average Bonchev–Trinajstić information content (AvgIpc) is 2.81. The van der Waals surface area contributed by atoms with Crippen molar-refractivity contribution in [2.45, 2.75) is 59.0 Å². The van der Waals surface area contributed by atoms with E-state index in [1.54, 1.807) is 0 Å². The van der Waals surface area contributed by atoms with E-state index >= 15 is 0 Å². The first-order valence-electron chi connectivity index (χ1n) is 7.48. The Labute approximate surface area is 117 Å². The second kappa shape index (κ2) is 9.10. The Balaban J connectivity index is 2.32. The molecule has 0 spiro atoms. The van der Waals surface area contributed by atoms with Crippen LogP contribution in [0.15, 0.2) is 12.5 Å². The molecule has 1 unspecified atom stereocenters. The van der Waals surface area contributed by atoms with E-state index in [1.165, 1.54) is 6.42 Å². The summed E-state index contributed by atoms with van der Waals surface area (Å²) in [4.78, 5) is 4.22. The Morgan fingerprint density at radius 3 is 2.74 bits per heavy atom. The molecule has 1 aromatic rings. The number of hydrogen-bond donors (Lipinski definition) is 1. The van der Waals surface area contributed by atoms with E-state index in [4.69, 9.17) is 10.5 Å². The van der Waals surface area contributed by atoms with Gasteiger partial charge in [0.05, 0.1) is 12.0 Å². The van der Waals surface area contributed by atoms with E-state index in [9.17, 15) is 0 Å². The summed E-state index contributed by atoms with van der Waals surface area (Å²) in [6.07, 6.45) is 8.12. The zero-order valence-electron chi connectivity index (χ0n) is 12.6. The number of nitrogens with two attached hydrogens (primary N) is 1. The van der Waals surface area contributed by atoms with Crippen LogP contribution in [-0.2, 0) is 11.3 Å². The largest absolute Gasteiger partial charge is 0.381 e. The monoisotopic (exact) mass is 267 g/mol. The van der Waals surface area contributed by atoms with Gasteiger partial charge in [-0.05, 0) is 25.2 Å². The van der Waals surface area contributed by atoms with Crippen molar-refractivity contribution >= 4 is 0 Å². The molecule has 0 amide bonds. The summed E-state index contributed by atoms with van der Waals surface area (Å²) in [5, 5.41) is 0. The number of nitrogens with zero attached hydrogens (tertiary/aromatic N) is 2. The smallest absolute Gasteiger partial charge is 0.0948 e. The van der Waals surface area contributed by atoms with Crippen LogP contribution in [0.5, 0.6) is 0 Å². The van der Waals surface area contributed by atoms with E-state index in [2.05, 4.69) is 30.3 Å². The third kappa shape index (κ3) is 6.21. The maximum Gasteiger partial charge on any atom is 0.0948 e. The van der Waals surface area contributed by atoms with Crippen LogP contribution in [0.1, 0.15) is 58.2 Å². The van der Waals surface area contributed by atoms with Crippen molar-refractivity contribution in [3.05, 3.63) is 18.2 Å². The van der Waals surface area contributed by atoms with Crippen LogP contribution in [0.2, 0.25) is 0 Å². The highest BCUT2D eigenvalue weighted by atomic mass is 16.5. The molecule has 0 fully saturated rings. The first kappa shape index (κ1) is 16.2. The molecular formula is C15H29N3O. The fraction of sp³-hybridized carbons (Fsp3) is 0.800. The van der Waals surface area contributed by atoms with Crippen LogP contribution in [0.3, 0.4) is 0 Å². The van der Waals surface area contributed by atoms with Gasteiger partial charge in [0.15, 0.2) is 0 Å². The van der Waals surface area contributed by atoms with Gasteiger partial charge in [0.1, 0.15) is 0 Å². The van der Waals surface area contributed by atoms with Crippen LogP contribution in [0.25, 0.3) is 0 Å². The molecule has 1 aromatic heterocycles. The van der Waals surface area contributed by atoms with Gasteiger partial charge in [0.25, 0.3) is 0 Å². The molecule has 0 aliphatic heterocycles. The minimum Gasteiger partial charge on any atom is -0.381 e. The lowest BCUT2D eigenvalue weighted by molar-refractivity contribution is 0.125. The molecule has 19 heavy (non-hydrogen) atoms. The highest BCUT2D eigenvalue weighted by Gasteiger charge is 2.12. The zero-order valence-corrected chi connectivity index (χ0v) is 12.6. The van der Waals surface area contributed by atoms with Gasteiger partial charge < -0.3 is 15.0 Å². The quantitative estimate of drug-likeness (QED) is 0.663. The Hall–Kier alpha value is -0.870. The summed E-state index contributed by atoms with van der Waals surface area (Å²) < 4.78 is 7.74. The molecule has 4 nitrogen and oxygen atoms in total. The standard InChI is InChI=1S/C15H29N3O/c1-4-5-8-19-9-6-7-18-12-17-11-15(18)14(16)10-13(2)3/h11-14H,4-10,16H2,1-3H3. The van der Waals surface area contributed by atoms with Crippen molar-refractivity contribution in [1.29, 1.82) is 0 Å². The second-order valence-electron chi connectivity index (χ2n) is 5.57. The molecule has 0 aliphatic carbocycles. The number of imidazole rings is 1. The van der Waals surface area contributed by atoms with Gasteiger partial charge >= 0.3 is 0 Å². The van der Waals surface area contributed by atoms with Gasteiger partial charge in [-0.15, -0.1) is 0 Å². The van der Waals surface area contributed by atoms with Crippen molar-refractivity contribution in [2.24, 2.45) is 11.7 Å². The third-order valence-electron chi connectivity index (χ3n) is 3.18. The third-order valence-corrected chi connectivity index (χ3v) is 3.18. The molecule has 1 rings (SSSR count). The van der Waals surface area contributed by atoms with Crippen molar-refractivity contribution in [3.63, 3.8) is 0 Å². The van der Waals surface area contributed by atoms with Crippen LogP contribution in [0, 0.1) is 5.92 Å². The Morgan fingerprint density at radius 2 is 2.05 bits per heavy atom. The summed E-state index contributed by atoms with van der Waals surface area (Å²) >= 11 is 0. The molecule has 4 heteroatoms. The second-order valence-corrected chi connectivity index (χ2v) is 5.57. The average molecular weight is 267 g/mol. The number of hydrogen-bond acceptors (Lipinski definition) is 3. The first-order chi connectivity index (χ1) is 9.15. The summed E-state index contributed by atoms with van der Waals surface area (Å²) in [6.45, 7) is 9.20. The molecule has 1 heterocycles. The molecule has 1 atom stereocenters. The lowest BCUT2D eigenvalue weighted by atomic mass is 10.0. The van der Waals surface area contributed by atoms with E-state index in [0.717, 1.165) is 44.7 Å². The van der Waals surface area contributed by atoms with Crippen LogP contribution in [0.4, 0.5) is 0 Å². The SMILES string of the molecule is CCCCOCCCn1cncc1C(N)CC(C)C. The zero-order chi connectivity index (χ0) is 14.1. The minimum atomic E-state index is 0.0866. The van der Waals surface area contributed by atoms with Crippen molar-refractivity contribution < 1.29 is 4.74 Å². The molecule has 0 saturated heterocycles. The molecule has 0 aliphatic rings. The predicted octanol–water partition coefficient (Wildman–Crippen LogP) is 3.14. The van der Waals surface area contributed by atoms with Gasteiger partial charge in [0, 0.05) is 32.0 Å². The topological polar surface area (TPSA) is 53.1 Å². The Bertz CT molecular complexity index is 336. The van der Waals surface area contributed by atoms with Gasteiger partial charge in [-0.3, -0.25) is 0 Å². The molecule has 0 saturated carbocycles. The molecule has 0 aromatic carbocycles. The molecule has 2 N–H and O–H groups in total. The highest BCUT2D eigenvalue weighted by molar-refractivity contribution is 5.04. The number of rotatable bonds is 10. The molecule has 110 valence electrons. The van der Waals surface area contributed by atoms with Crippen LogP contribution < -0.4 is 5.73 Å². The lowest BCUT2D eigenvalue weighted by Crippen LogP contribution is -2.17. The first-order valence-corrected chi connectivity index (χ1v) is 7.48. The van der Waals surface area contributed by atoms with E-state index in [0.29, 0.717) is 5.92 Å². The summed E-state index contributed by atoms with van der Waals surface area (Å²) in [7, 11) is 0. The molecular weight excluding hydrogens is 238 g/mol. The Morgan fingerprint density at radius 1 is 1.32 bits per heavy atom. The normalized spacial score (nSPS) is 13.1. The van der Waals surface area contributed by atoms with E-state index in [-0.39, 0.29) is 6.04 Å². The van der Waals surface area contributed by atoms with Gasteiger partial charge in [0.2, 0.25) is 0 Å². The number of aryl methyl sites for hydroxylation is 1. The lowest BCUT2D eigenvalue weighted by Gasteiger charge is -2.16. The van der Waals surface area contributed by atoms with Gasteiger partial charge in [-0.1, -0.05) is 27.2 Å². The fourth-order valence-corrected chi connectivity index (χ4v) is 2.14. The number of aromatic nitrogens is 2. The summed E-state index contributed by atoms with van der Waals surface area (Å²) in [5.74, 6) is 0.607. The van der Waals surface area contributed by atoms with Crippen LogP contribution in [-0.4, -0.2) is 22.8 Å². The maximum absolute atomic E-state index is 6.22. The fourth-order valence-electron chi connectivity index (χ4n) is 2.14. The summed E-state index contributed by atoms with van der Waals surface area (Å²) in [6, 6.07) is 0.0866. The number of ether oxygens (including phenoxy) is 1. The van der Waals surface area contributed by atoms with Crippen molar-refractivity contribution in [3.8, 4) is 0 Å². The van der Waals surface area contributed by atoms with E-state index < -0.39 is 0 Å². The maximum atomic E-state index is 6.22. The number of unbranched alkanes of at least 4 members (excludes halogenated alkanes) is 1. The highest BCUT2D eigenvalue weighted by Crippen LogP contribution is 2.18. The molecule has 0 radical (unpaired) electrons.